The Hall–Kier alpha value is -4.09. The number of pyridine rings is 3. The van der Waals surface area contributed by atoms with Crippen molar-refractivity contribution in [1.82, 2.24) is 4.98 Å². The molecule has 2 aromatic carbocycles. The standard InChI is InChI=1S/C41H45N3OSi/c1-25(2)26(3)27-18-19-43-34(20-27)37-38-31(29-14-11-13-17-35(29)45-38)23-42-39(37)41(43)32-16-12-10-15-30(32)33-21-28(22-40(4,5)6)36(24-44(33)41)46(7,8)9/h10-21,23-26H,22H2,1-9H3/q+2. The summed E-state index contributed by atoms with van der Waals surface area (Å²) in [5.74, 6) is 0.948. The van der Waals surface area contributed by atoms with Crippen molar-refractivity contribution in [2.24, 2.45) is 11.3 Å². The first-order valence-corrected chi connectivity index (χ1v) is 20.4. The van der Waals surface area contributed by atoms with Crippen molar-refractivity contribution in [1.29, 1.82) is 0 Å². The lowest BCUT2D eigenvalue weighted by Gasteiger charge is -2.26. The molecule has 1 spiro atoms. The Morgan fingerprint density at radius 3 is 2.35 bits per heavy atom. The van der Waals surface area contributed by atoms with E-state index in [1.165, 1.54) is 38.8 Å². The van der Waals surface area contributed by atoms with Crippen LogP contribution in [0.4, 0.5) is 0 Å². The molecule has 6 heterocycles. The summed E-state index contributed by atoms with van der Waals surface area (Å²) in [6.45, 7) is 21.5. The van der Waals surface area contributed by atoms with Crippen LogP contribution in [-0.2, 0) is 12.1 Å². The first-order chi connectivity index (χ1) is 21.8. The summed E-state index contributed by atoms with van der Waals surface area (Å²) in [7, 11) is -1.75. The van der Waals surface area contributed by atoms with Crippen molar-refractivity contribution < 1.29 is 13.6 Å². The van der Waals surface area contributed by atoms with Gasteiger partial charge in [0.25, 0.3) is 0 Å². The molecule has 2 aliphatic heterocycles. The van der Waals surface area contributed by atoms with E-state index in [4.69, 9.17) is 9.40 Å². The van der Waals surface area contributed by atoms with E-state index in [1.807, 2.05) is 0 Å². The summed E-state index contributed by atoms with van der Waals surface area (Å²) in [6, 6.07) is 24.6. The maximum absolute atomic E-state index is 6.77. The van der Waals surface area contributed by atoms with Crippen molar-refractivity contribution >= 4 is 35.2 Å². The summed E-state index contributed by atoms with van der Waals surface area (Å²) in [5, 5.41) is 3.70. The van der Waals surface area contributed by atoms with Gasteiger partial charge < -0.3 is 4.42 Å². The molecular formula is C41H45N3OSi+2. The van der Waals surface area contributed by atoms with Crippen LogP contribution in [0.3, 0.4) is 0 Å². The summed E-state index contributed by atoms with van der Waals surface area (Å²) < 4.78 is 11.8. The number of aromatic nitrogens is 3. The van der Waals surface area contributed by atoms with Crippen LogP contribution in [0, 0.1) is 11.3 Å². The lowest BCUT2D eigenvalue weighted by molar-refractivity contribution is -0.955. The van der Waals surface area contributed by atoms with Crippen molar-refractivity contribution in [2.75, 3.05) is 0 Å². The fourth-order valence-electron chi connectivity index (χ4n) is 8.05. The van der Waals surface area contributed by atoms with Crippen molar-refractivity contribution in [2.45, 2.75) is 79.2 Å². The molecule has 0 fully saturated rings. The summed E-state index contributed by atoms with van der Waals surface area (Å²) in [5.41, 5.74) is 11.3. The molecule has 4 aromatic heterocycles. The van der Waals surface area contributed by atoms with Gasteiger partial charge in [-0.2, -0.15) is 0 Å². The first kappa shape index (κ1) is 29.3. The van der Waals surface area contributed by atoms with E-state index in [0.29, 0.717) is 11.8 Å². The van der Waals surface area contributed by atoms with Gasteiger partial charge >= 0.3 is 5.66 Å². The monoisotopic (exact) mass is 623 g/mol. The lowest BCUT2D eigenvalue weighted by atomic mass is 9.88. The molecule has 0 saturated carbocycles. The number of para-hydroxylation sites is 1. The third kappa shape index (κ3) is 4.00. The van der Waals surface area contributed by atoms with E-state index < -0.39 is 13.7 Å². The van der Waals surface area contributed by atoms with Gasteiger partial charge in [-0.05, 0) is 53.0 Å². The van der Waals surface area contributed by atoms with Gasteiger partial charge in [-0.1, -0.05) is 91.5 Å². The van der Waals surface area contributed by atoms with Gasteiger partial charge in [-0.25, -0.2) is 4.98 Å². The highest BCUT2D eigenvalue weighted by Crippen LogP contribution is 2.49. The van der Waals surface area contributed by atoms with Gasteiger partial charge in [0.1, 0.15) is 16.7 Å². The minimum absolute atomic E-state index is 0.183. The number of fused-ring (bicyclic) bond motifs is 14. The quantitative estimate of drug-likeness (QED) is 0.145. The fourth-order valence-corrected chi connectivity index (χ4v) is 9.69. The van der Waals surface area contributed by atoms with Gasteiger partial charge in [-0.3, -0.25) is 0 Å². The van der Waals surface area contributed by atoms with E-state index in [1.54, 1.807) is 0 Å². The Morgan fingerprint density at radius 1 is 0.870 bits per heavy atom. The summed E-state index contributed by atoms with van der Waals surface area (Å²) in [6.07, 6.45) is 7.95. The maximum Gasteiger partial charge on any atom is 0.434 e. The van der Waals surface area contributed by atoms with Crippen molar-refractivity contribution in [3.05, 3.63) is 108 Å². The molecular weight excluding hydrogens is 579 g/mol. The minimum Gasteiger partial charge on any atom is -0.455 e. The van der Waals surface area contributed by atoms with Gasteiger partial charge in [0.2, 0.25) is 17.1 Å². The molecule has 0 aliphatic carbocycles. The second kappa shape index (κ2) is 9.71. The molecule has 2 unspecified atom stereocenters. The average Bonchev–Trinajstić information content (AvgIpc) is 3.62. The Labute approximate surface area is 273 Å². The van der Waals surface area contributed by atoms with Gasteiger partial charge in [-0.15, -0.1) is 9.13 Å². The largest absolute Gasteiger partial charge is 0.455 e. The van der Waals surface area contributed by atoms with Gasteiger partial charge in [0.05, 0.1) is 13.6 Å². The van der Waals surface area contributed by atoms with Crippen LogP contribution in [-0.4, -0.2) is 13.1 Å². The van der Waals surface area contributed by atoms with Crippen LogP contribution in [0.1, 0.15) is 69.8 Å². The van der Waals surface area contributed by atoms with E-state index >= 15 is 0 Å². The summed E-state index contributed by atoms with van der Waals surface area (Å²) in [4.78, 5) is 5.45. The number of hydrogen-bond acceptors (Lipinski definition) is 2. The zero-order valence-electron chi connectivity index (χ0n) is 28.7. The Kier molecular flexibility index (Phi) is 6.19. The molecule has 6 aromatic rings. The molecule has 232 valence electrons. The number of rotatable bonds is 4. The number of hydrogen-bond donors (Lipinski definition) is 0. The third-order valence-corrected chi connectivity index (χ3v) is 12.6. The topological polar surface area (TPSA) is 33.8 Å². The lowest BCUT2D eigenvalue weighted by Crippen LogP contribution is -2.72. The van der Waals surface area contributed by atoms with Crippen LogP contribution < -0.4 is 14.3 Å². The zero-order chi connectivity index (χ0) is 32.3. The number of furan rings is 1. The van der Waals surface area contributed by atoms with E-state index in [-0.39, 0.29) is 5.41 Å². The number of benzene rings is 2. The molecule has 0 amide bonds. The molecule has 2 atom stereocenters. The van der Waals surface area contributed by atoms with Crippen LogP contribution in [0.15, 0.2) is 89.7 Å². The minimum atomic E-state index is -1.75. The second-order valence-electron chi connectivity index (χ2n) is 16.2. The summed E-state index contributed by atoms with van der Waals surface area (Å²) >= 11 is 0. The molecule has 2 aliphatic rings. The highest BCUT2D eigenvalue weighted by atomic mass is 28.3. The fraction of sp³-hybridized carbons (Fsp3) is 0.341. The Balaban J connectivity index is 1.54. The Morgan fingerprint density at radius 2 is 1.61 bits per heavy atom. The van der Waals surface area contributed by atoms with Crippen LogP contribution in [0.5, 0.6) is 0 Å². The van der Waals surface area contributed by atoms with Gasteiger partial charge in [0.15, 0.2) is 18.0 Å². The van der Waals surface area contributed by atoms with Crippen LogP contribution in [0.2, 0.25) is 19.6 Å². The molecule has 0 N–H and O–H groups in total. The number of nitrogens with zero attached hydrogens (tertiary/aromatic N) is 3. The normalized spacial score (nSPS) is 17.5. The van der Waals surface area contributed by atoms with Crippen molar-refractivity contribution in [3.63, 3.8) is 0 Å². The van der Waals surface area contributed by atoms with E-state index in [0.717, 1.165) is 39.6 Å². The maximum atomic E-state index is 6.77. The highest BCUT2D eigenvalue weighted by Gasteiger charge is 2.69. The Bertz CT molecular complexity index is 2210. The smallest absolute Gasteiger partial charge is 0.434 e. The molecule has 0 radical (unpaired) electrons. The van der Waals surface area contributed by atoms with E-state index in [2.05, 4.69) is 156 Å². The second-order valence-corrected chi connectivity index (χ2v) is 21.3. The highest BCUT2D eigenvalue weighted by molar-refractivity contribution is 6.89. The first-order valence-electron chi connectivity index (χ1n) is 16.9. The molecule has 4 nitrogen and oxygen atoms in total. The third-order valence-electron chi connectivity index (χ3n) is 10.5. The van der Waals surface area contributed by atoms with Crippen molar-refractivity contribution in [3.8, 4) is 22.5 Å². The molecule has 0 saturated heterocycles. The van der Waals surface area contributed by atoms with Crippen LogP contribution in [0.25, 0.3) is 44.5 Å². The predicted molar refractivity (Wildman–Crippen MR) is 190 cm³/mol. The molecule has 8 rings (SSSR count). The van der Waals surface area contributed by atoms with Crippen LogP contribution >= 0.6 is 0 Å². The zero-order valence-corrected chi connectivity index (χ0v) is 29.7. The predicted octanol–water partition coefficient (Wildman–Crippen LogP) is 8.71. The SMILES string of the molecule is CC(C)C(C)c1cc[n+]2c(c1)-c1c(ncc3c1oc1ccccc13)C21c2ccccc2-c2cc(CC(C)(C)C)c([Si](C)(C)C)c[n+]21. The molecule has 5 heteroatoms. The molecule has 0 bridgehead atoms. The van der Waals surface area contributed by atoms with E-state index in [9.17, 15) is 0 Å². The molecule has 46 heavy (non-hydrogen) atoms. The average molecular weight is 624 g/mol. The van der Waals surface area contributed by atoms with Gasteiger partial charge in [0, 0.05) is 40.4 Å².